The second-order valence-corrected chi connectivity index (χ2v) is 7.45. The highest BCUT2D eigenvalue weighted by molar-refractivity contribution is 6.30. The monoisotopic (exact) mass is 466 g/mol. The number of anilines is 2. The molecule has 0 saturated heterocycles. The quantitative estimate of drug-likeness (QED) is 0.328. The predicted molar refractivity (Wildman–Crippen MR) is 127 cm³/mol. The number of benzene rings is 3. The van der Waals surface area contributed by atoms with Crippen LogP contribution in [0.1, 0.15) is 29.3 Å². The number of carbonyl (C=O) groups excluding carboxylic acids is 3. The Bertz CT molecular complexity index is 1100. The van der Waals surface area contributed by atoms with Crippen molar-refractivity contribution in [3.63, 3.8) is 0 Å². The van der Waals surface area contributed by atoms with Crippen molar-refractivity contribution in [1.29, 1.82) is 0 Å². The van der Waals surface area contributed by atoms with Crippen LogP contribution in [0.25, 0.3) is 0 Å². The van der Waals surface area contributed by atoms with E-state index in [4.69, 9.17) is 21.1 Å². The van der Waals surface area contributed by atoms with Crippen LogP contribution in [0.3, 0.4) is 0 Å². The molecule has 0 aliphatic heterocycles. The molecular formula is C25H23ClN2O5. The fourth-order valence-electron chi connectivity index (χ4n) is 2.89. The topological polar surface area (TPSA) is 93.7 Å². The summed E-state index contributed by atoms with van der Waals surface area (Å²) < 4.78 is 9.67. The molecule has 0 unspecified atom stereocenters. The first-order valence-electron chi connectivity index (χ1n) is 10.3. The molecule has 2 N–H and O–H groups in total. The van der Waals surface area contributed by atoms with Crippen molar-refractivity contribution < 1.29 is 23.9 Å². The molecule has 0 heterocycles. The van der Waals surface area contributed by atoms with Crippen molar-refractivity contribution in [2.45, 2.75) is 19.8 Å². The number of hydrogen-bond donors (Lipinski definition) is 2. The molecule has 7 nitrogen and oxygen atoms in total. The van der Waals surface area contributed by atoms with Crippen LogP contribution in [-0.2, 0) is 16.0 Å². The molecule has 33 heavy (non-hydrogen) atoms. The van der Waals surface area contributed by atoms with E-state index in [1.54, 1.807) is 55.5 Å². The molecule has 0 aromatic heterocycles. The third-order valence-corrected chi connectivity index (χ3v) is 4.81. The van der Waals surface area contributed by atoms with Gasteiger partial charge in [0.15, 0.2) is 0 Å². The zero-order valence-electron chi connectivity index (χ0n) is 18.0. The van der Waals surface area contributed by atoms with Gasteiger partial charge in [0.05, 0.1) is 6.61 Å². The Balaban J connectivity index is 1.48. The standard InChI is InChI=1S/C25H23ClN2O5/c1-2-32-25(31)33-22-14-6-18(7-15-22)24(30)28-21-12-10-20(11-13-21)27-23(29)16-5-17-3-8-19(26)9-4-17/h3-4,6-15H,2,5,16H2,1H3,(H,27,29)(H,28,30). The van der Waals surface area contributed by atoms with E-state index < -0.39 is 6.16 Å². The number of rotatable bonds is 8. The Morgan fingerprint density at radius 1 is 0.818 bits per heavy atom. The number of hydrogen-bond acceptors (Lipinski definition) is 5. The van der Waals surface area contributed by atoms with Gasteiger partial charge in [-0.2, -0.15) is 0 Å². The molecule has 0 aliphatic carbocycles. The van der Waals surface area contributed by atoms with E-state index in [0.29, 0.717) is 34.8 Å². The van der Waals surface area contributed by atoms with Crippen LogP contribution in [0.2, 0.25) is 5.02 Å². The van der Waals surface area contributed by atoms with Crippen LogP contribution in [0.5, 0.6) is 5.75 Å². The van der Waals surface area contributed by atoms with Crippen molar-refractivity contribution in [3.05, 3.63) is 88.9 Å². The Labute approximate surface area is 196 Å². The van der Waals surface area contributed by atoms with Gasteiger partial charge in [-0.05, 0) is 79.6 Å². The van der Waals surface area contributed by atoms with Gasteiger partial charge in [0.1, 0.15) is 5.75 Å². The summed E-state index contributed by atoms with van der Waals surface area (Å²) in [6.45, 7) is 1.89. The number of carbonyl (C=O) groups is 3. The zero-order valence-corrected chi connectivity index (χ0v) is 18.7. The van der Waals surface area contributed by atoms with E-state index in [-0.39, 0.29) is 24.2 Å². The van der Waals surface area contributed by atoms with Gasteiger partial charge in [0.25, 0.3) is 5.91 Å². The molecule has 0 atom stereocenters. The average Bonchev–Trinajstić information content (AvgIpc) is 2.80. The first-order chi connectivity index (χ1) is 15.9. The predicted octanol–water partition coefficient (Wildman–Crippen LogP) is 5.70. The van der Waals surface area contributed by atoms with Crippen LogP contribution in [-0.4, -0.2) is 24.6 Å². The molecule has 0 radical (unpaired) electrons. The molecule has 0 aliphatic rings. The summed E-state index contributed by atoms with van der Waals surface area (Å²) in [5, 5.41) is 6.28. The average molecular weight is 467 g/mol. The molecule has 3 rings (SSSR count). The lowest BCUT2D eigenvalue weighted by Gasteiger charge is -2.09. The summed E-state index contributed by atoms with van der Waals surface area (Å²) in [6, 6.07) is 20.3. The second-order valence-electron chi connectivity index (χ2n) is 7.02. The van der Waals surface area contributed by atoms with Crippen molar-refractivity contribution in [3.8, 4) is 5.75 Å². The minimum absolute atomic E-state index is 0.105. The first kappa shape index (κ1) is 23.8. The molecule has 0 bridgehead atoms. The van der Waals surface area contributed by atoms with E-state index in [0.717, 1.165) is 5.56 Å². The first-order valence-corrected chi connectivity index (χ1v) is 10.7. The van der Waals surface area contributed by atoms with Gasteiger partial charge >= 0.3 is 6.16 Å². The highest BCUT2D eigenvalue weighted by atomic mass is 35.5. The molecule has 8 heteroatoms. The fourth-order valence-corrected chi connectivity index (χ4v) is 3.02. The van der Waals surface area contributed by atoms with E-state index in [9.17, 15) is 14.4 Å². The Morgan fingerprint density at radius 2 is 1.42 bits per heavy atom. The van der Waals surface area contributed by atoms with Crippen LogP contribution in [0, 0.1) is 0 Å². The van der Waals surface area contributed by atoms with E-state index in [1.165, 1.54) is 12.1 Å². The van der Waals surface area contributed by atoms with Crippen molar-refractivity contribution in [2.75, 3.05) is 17.2 Å². The summed E-state index contributed by atoms with van der Waals surface area (Å²) in [4.78, 5) is 35.9. The number of ether oxygens (including phenoxy) is 2. The van der Waals surface area contributed by atoms with Crippen LogP contribution in [0.4, 0.5) is 16.2 Å². The van der Waals surface area contributed by atoms with Gasteiger partial charge in [-0.15, -0.1) is 0 Å². The normalized spacial score (nSPS) is 10.2. The lowest BCUT2D eigenvalue weighted by atomic mass is 10.1. The maximum atomic E-state index is 12.4. The van der Waals surface area contributed by atoms with Crippen molar-refractivity contribution in [2.24, 2.45) is 0 Å². The molecule has 2 amide bonds. The fraction of sp³-hybridized carbons (Fsp3) is 0.160. The van der Waals surface area contributed by atoms with E-state index >= 15 is 0 Å². The lowest BCUT2D eigenvalue weighted by molar-refractivity contribution is -0.116. The lowest BCUT2D eigenvalue weighted by Crippen LogP contribution is -2.14. The number of halogens is 1. The van der Waals surface area contributed by atoms with Gasteiger partial charge in [0, 0.05) is 28.4 Å². The summed E-state index contributed by atoms with van der Waals surface area (Å²) in [5.41, 5.74) is 2.64. The summed E-state index contributed by atoms with van der Waals surface area (Å²) in [6.07, 6.45) is 0.156. The zero-order chi connectivity index (χ0) is 23.6. The maximum absolute atomic E-state index is 12.4. The van der Waals surface area contributed by atoms with Crippen LogP contribution < -0.4 is 15.4 Å². The highest BCUT2D eigenvalue weighted by Gasteiger charge is 2.09. The van der Waals surface area contributed by atoms with Gasteiger partial charge in [-0.25, -0.2) is 4.79 Å². The van der Waals surface area contributed by atoms with Gasteiger partial charge < -0.3 is 20.1 Å². The SMILES string of the molecule is CCOC(=O)Oc1ccc(C(=O)Nc2ccc(NC(=O)CCc3ccc(Cl)cc3)cc2)cc1. The van der Waals surface area contributed by atoms with Crippen molar-refractivity contribution in [1.82, 2.24) is 0 Å². The molecule has 3 aromatic carbocycles. The Hall–Kier alpha value is -3.84. The highest BCUT2D eigenvalue weighted by Crippen LogP contribution is 2.18. The Morgan fingerprint density at radius 3 is 2.03 bits per heavy atom. The minimum atomic E-state index is -0.799. The number of aryl methyl sites for hydroxylation is 1. The number of amides is 2. The summed E-state index contributed by atoms with van der Waals surface area (Å²) in [5.74, 6) is -0.148. The summed E-state index contributed by atoms with van der Waals surface area (Å²) in [7, 11) is 0. The van der Waals surface area contributed by atoms with Gasteiger partial charge in [0.2, 0.25) is 5.91 Å². The maximum Gasteiger partial charge on any atom is 0.513 e. The molecule has 0 saturated carbocycles. The molecule has 3 aromatic rings. The van der Waals surface area contributed by atoms with Crippen molar-refractivity contribution >= 4 is 40.9 Å². The smallest absolute Gasteiger partial charge is 0.434 e. The molecule has 0 spiro atoms. The Kier molecular flexibility index (Phi) is 8.43. The largest absolute Gasteiger partial charge is 0.513 e. The molecule has 0 fully saturated rings. The third-order valence-electron chi connectivity index (χ3n) is 4.56. The van der Waals surface area contributed by atoms with Gasteiger partial charge in [-0.3, -0.25) is 9.59 Å². The molecule has 170 valence electrons. The molecular weight excluding hydrogens is 444 g/mol. The van der Waals surface area contributed by atoms with Gasteiger partial charge in [-0.1, -0.05) is 23.7 Å². The van der Waals surface area contributed by atoms with E-state index in [2.05, 4.69) is 10.6 Å². The summed E-state index contributed by atoms with van der Waals surface area (Å²) >= 11 is 5.87. The van der Waals surface area contributed by atoms with E-state index in [1.807, 2.05) is 12.1 Å². The number of nitrogens with one attached hydrogen (secondary N) is 2. The minimum Gasteiger partial charge on any atom is -0.434 e. The third kappa shape index (κ3) is 7.66. The second kappa shape index (κ2) is 11.7. The van der Waals surface area contributed by atoms with Crippen LogP contribution >= 0.6 is 11.6 Å². The van der Waals surface area contributed by atoms with Crippen LogP contribution in [0.15, 0.2) is 72.8 Å².